The minimum atomic E-state index is -1.87. The number of fused-ring (bicyclic) bond motifs is 1. The minimum Gasteiger partial charge on any atom is -0.497 e. The van der Waals surface area contributed by atoms with Crippen LogP contribution in [0.15, 0.2) is 82.1 Å². The van der Waals surface area contributed by atoms with Gasteiger partial charge in [0.05, 0.1) is 18.2 Å². The van der Waals surface area contributed by atoms with Crippen molar-refractivity contribution < 1.29 is 19.2 Å². The summed E-state index contributed by atoms with van der Waals surface area (Å²) in [4.78, 5) is 25.3. The monoisotopic (exact) mass is 430 g/mol. The molecular weight excluding hydrogens is 408 g/mol. The molecule has 0 aliphatic heterocycles. The first-order valence-electron chi connectivity index (χ1n) is 10.0. The number of carbonyl (C=O) groups is 1. The lowest BCUT2D eigenvalue weighted by Crippen LogP contribution is -2.42. The zero-order valence-corrected chi connectivity index (χ0v) is 17.7. The molecule has 1 atom stereocenters. The van der Waals surface area contributed by atoms with Gasteiger partial charge in [0.2, 0.25) is 0 Å². The summed E-state index contributed by atoms with van der Waals surface area (Å²) < 4.78 is 10.0. The third-order valence-electron chi connectivity index (χ3n) is 5.38. The Morgan fingerprint density at radius 2 is 1.84 bits per heavy atom. The number of aromatic nitrogens is 1. The quantitative estimate of drug-likeness (QED) is 0.485. The fourth-order valence-corrected chi connectivity index (χ4v) is 3.63. The Morgan fingerprint density at radius 1 is 1.06 bits per heavy atom. The third kappa shape index (κ3) is 4.10. The standard InChI is InChI=1S/C25H22N2O5/c1-16-22-14-19(11-12-21(22)23(28)32-27-16)26-24(29)25(30,15-17-7-4-3-5-8-17)18-9-6-10-20(13-18)31-2/h3-14,30H,15H2,1-2H3,(H,26,29). The van der Waals surface area contributed by atoms with Gasteiger partial charge in [0.25, 0.3) is 5.91 Å². The zero-order valence-electron chi connectivity index (χ0n) is 17.7. The first-order valence-corrected chi connectivity index (χ1v) is 10.0. The van der Waals surface area contributed by atoms with E-state index in [-0.39, 0.29) is 6.42 Å². The van der Waals surface area contributed by atoms with Gasteiger partial charge < -0.3 is 19.7 Å². The number of hydrogen-bond donors (Lipinski definition) is 2. The lowest BCUT2D eigenvalue weighted by molar-refractivity contribution is -0.135. The van der Waals surface area contributed by atoms with Crippen LogP contribution < -0.4 is 15.7 Å². The van der Waals surface area contributed by atoms with Crippen molar-refractivity contribution in [2.75, 3.05) is 12.4 Å². The molecule has 7 nitrogen and oxygen atoms in total. The van der Waals surface area contributed by atoms with Crippen LogP contribution in [0.5, 0.6) is 5.75 Å². The topological polar surface area (TPSA) is 102 Å². The van der Waals surface area contributed by atoms with Gasteiger partial charge in [-0.1, -0.05) is 47.6 Å². The van der Waals surface area contributed by atoms with E-state index in [0.29, 0.717) is 33.5 Å². The molecule has 0 spiro atoms. The highest BCUT2D eigenvalue weighted by molar-refractivity contribution is 6.00. The molecule has 1 heterocycles. The molecule has 0 aliphatic rings. The maximum Gasteiger partial charge on any atom is 0.366 e. The molecule has 3 aromatic carbocycles. The molecule has 0 fully saturated rings. The molecule has 4 aromatic rings. The normalized spacial score (nSPS) is 12.8. The van der Waals surface area contributed by atoms with Crippen LogP contribution >= 0.6 is 0 Å². The van der Waals surface area contributed by atoms with E-state index in [1.165, 1.54) is 7.11 Å². The fraction of sp³-hybridized carbons (Fsp3) is 0.160. The number of aliphatic hydroxyl groups is 1. The number of benzene rings is 3. The van der Waals surface area contributed by atoms with Gasteiger partial charge >= 0.3 is 5.63 Å². The highest BCUT2D eigenvalue weighted by Gasteiger charge is 2.38. The second-order valence-corrected chi connectivity index (χ2v) is 7.52. The van der Waals surface area contributed by atoms with Gasteiger partial charge in [-0.2, -0.15) is 0 Å². The Labute approximate surface area is 184 Å². The van der Waals surface area contributed by atoms with Crippen molar-refractivity contribution >= 4 is 22.4 Å². The van der Waals surface area contributed by atoms with Gasteiger partial charge in [0.1, 0.15) is 5.75 Å². The number of carbonyl (C=O) groups excluding carboxylic acids is 1. The molecule has 1 amide bonds. The number of amides is 1. The van der Waals surface area contributed by atoms with E-state index >= 15 is 0 Å². The van der Waals surface area contributed by atoms with Crippen LogP contribution in [0.4, 0.5) is 5.69 Å². The molecule has 2 N–H and O–H groups in total. The molecule has 32 heavy (non-hydrogen) atoms. The van der Waals surface area contributed by atoms with Crippen molar-refractivity contribution in [3.8, 4) is 5.75 Å². The predicted octanol–water partition coefficient (Wildman–Crippen LogP) is 3.57. The average molecular weight is 430 g/mol. The molecule has 1 unspecified atom stereocenters. The molecule has 162 valence electrons. The van der Waals surface area contributed by atoms with E-state index in [1.54, 1.807) is 49.4 Å². The summed E-state index contributed by atoms with van der Waals surface area (Å²) in [5, 5.41) is 19.1. The molecule has 4 rings (SSSR count). The molecular formula is C25H22N2O5. The number of nitrogens with one attached hydrogen (secondary N) is 1. The number of nitrogens with zero attached hydrogens (tertiary/aromatic N) is 1. The van der Waals surface area contributed by atoms with E-state index < -0.39 is 17.1 Å². The lowest BCUT2D eigenvalue weighted by Gasteiger charge is -2.28. The summed E-state index contributed by atoms with van der Waals surface area (Å²) in [7, 11) is 1.53. The van der Waals surface area contributed by atoms with Gasteiger partial charge in [-0.05, 0) is 48.4 Å². The minimum absolute atomic E-state index is 0.0601. The Morgan fingerprint density at radius 3 is 2.59 bits per heavy atom. The van der Waals surface area contributed by atoms with Crippen molar-refractivity contribution in [1.82, 2.24) is 5.16 Å². The van der Waals surface area contributed by atoms with Crippen LogP contribution in [0.1, 0.15) is 16.8 Å². The average Bonchev–Trinajstić information content (AvgIpc) is 2.82. The van der Waals surface area contributed by atoms with Crippen molar-refractivity contribution in [2.24, 2.45) is 0 Å². The number of aryl methyl sites for hydroxylation is 1. The number of rotatable bonds is 6. The molecule has 1 aromatic heterocycles. The molecule has 0 bridgehead atoms. The zero-order chi connectivity index (χ0) is 22.7. The molecule has 7 heteroatoms. The maximum atomic E-state index is 13.4. The second kappa shape index (κ2) is 8.64. The van der Waals surface area contributed by atoms with Gasteiger partial charge in [0, 0.05) is 17.5 Å². The highest BCUT2D eigenvalue weighted by atomic mass is 16.5. The smallest absolute Gasteiger partial charge is 0.366 e. The van der Waals surface area contributed by atoms with E-state index in [2.05, 4.69) is 10.5 Å². The van der Waals surface area contributed by atoms with E-state index in [4.69, 9.17) is 9.26 Å². The Bertz CT molecular complexity index is 1330. The van der Waals surface area contributed by atoms with Crippen LogP contribution in [0.2, 0.25) is 0 Å². The largest absolute Gasteiger partial charge is 0.497 e. The summed E-state index contributed by atoms with van der Waals surface area (Å²) in [6.07, 6.45) is 0.0601. The lowest BCUT2D eigenvalue weighted by atomic mass is 9.86. The van der Waals surface area contributed by atoms with Crippen LogP contribution in [-0.4, -0.2) is 23.3 Å². The van der Waals surface area contributed by atoms with E-state index in [1.807, 2.05) is 30.3 Å². The number of ether oxygens (including phenoxy) is 1. The molecule has 0 saturated carbocycles. The van der Waals surface area contributed by atoms with Gasteiger partial charge in [0.15, 0.2) is 5.60 Å². The second-order valence-electron chi connectivity index (χ2n) is 7.52. The third-order valence-corrected chi connectivity index (χ3v) is 5.38. The summed E-state index contributed by atoms with van der Waals surface area (Å²) in [6.45, 7) is 1.71. The highest BCUT2D eigenvalue weighted by Crippen LogP contribution is 2.31. The van der Waals surface area contributed by atoms with Crippen LogP contribution in [-0.2, 0) is 16.8 Å². The molecule has 0 aliphatic carbocycles. The summed E-state index contributed by atoms with van der Waals surface area (Å²) in [6, 6.07) is 20.9. The summed E-state index contributed by atoms with van der Waals surface area (Å²) in [5.41, 5.74) is -0.286. The fourth-order valence-electron chi connectivity index (χ4n) is 3.63. The maximum absolute atomic E-state index is 13.4. The molecule has 0 radical (unpaired) electrons. The van der Waals surface area contributed by atoms with Crippen molar-refractivity contribution in [1.29, 1.82) is 0 Å². The van der Waals surface area contributed by atoms with Crippen LogP contribution in [0.25, 0.3) is 10.8 Å². The van der Waals surface area contributed by atoms with Gasteiger partial charge in [-0.15, -0.1) is 0 Å². The van der Waals surface area contributed by atoms with Gasteiger partial charge in [-0.3, -0.25) is 4.79 Å². The van der Waals surface area contributed by atoms with E-state index in [0.717, 1.165) is 5.56 Å². The Kier molecular flexibility index (Phi) is 5.75. The SMILES string of the molecule is COc1cccc(C(O)(Cc2ccccc2)C(=O)Nc2ccc3c(=O)onc(C)c3c2)c1. The summed E-state index contributed by atoms with van der Waals surface area (Å²) in [5.74, 6) is -0.0801. The number of methoxy groups -OCH3 is 1. The van der Waals surface area contributed by atoms with Crippen molar-refractivity contribution in [2.45, 2.75) is 18.9 Å². The van der Waals surface area contributed by atoms with Crippen LogP contribution in [0.3, 0.4) is 0 Å². The first-order chi connectivity index (χ1) is 15.4. The Hall–Kier alpha value is -3.97. The van der Waals surface area contributed by atoms with E-state index in [9.17, 15) is 14.7 Å². The Balaban J connectivity index is 1.74. The number of hydrogen-bond acceptors (Lipinski definition) is 6. The van der Waals surface area contributed by atoms with Crippen molar-refractivity contribution in [3.05, 3.63) is 100 Å². The van der Waals surface area contributed by atoms with Crippen molar-refractivity contribution in [3.63, 3.8) is 0 Å². The van der Waals surface area contributed by atoms with Crippen LogP contribution in [0, 0.1) is 6.92 Å². The number of anilines is 1. The first kappa shape index (κ1) is 21.3. The van der Waals surface area contributed by atoms with Gasteiger partial charge in [-0.25, -0.2) is 4.79 Å². The predicted molar refractivity (Wildman–Crippen MR) is 121 cm³/mol. The molecule has 0 saturated heterocycles. The summed E-state index contributed by atoms with van der Waals surface area (Å²) >= 11 is 0.